The molecule has 29 nitrogen and oxygen atoms in total. The lowest BCUT2D eigenvalue weighted by molar-refractivity contribution is -0.384. The summed E-state index contributed by atoms with van der Waals surface area (Å²) in [5.74, 6) is -7.69. The third-order valence-electron chi connectivity index (χ3n) is 17.0. The van der Waals surface area contributed by atoms with Crippen molar-refractivity contribution < 1.29 is 98.0 Å². The monoisotopic (exact) mass is 1570 g/mol. The van der Waals surface area contributed by atoms with E-state index in [0.29, 0.717) is 10.8 Å². The van der Waals surface area contributed by atoms with E-state index in [1.54, 1.807) is 6.92 Å². The molecule has 3 atom stereocenters. The minimum absolute atomic E-state index is 0. The van der Waals surface area contributed by atoms with Crippen LogP contribution in [0.3, 0.4) is 0 Å². The smallest absolute Gasteiger partial charge is 0.421 e. The number of nitrogens with one attached hydrogen (secondary N) is 4. The number of urea groups is 4. The Bertz CT molecular complexity index is 4380. The summed E-state index contributed by atoms with van der Waals surface area (Å²) >= 11 is 0. The summed E-state index contributed by atoms with van der Waals surface area (Å²) in [4.78, 5) is 131. The first kappa shape index (κ1) is 90.0. The Kier molecular flexibility index (Phi) is 35.8. The average molecular weight is 1570 g/mol. The number of ketones is 1. The largest absolute Gasteiger partial charge is 0.454 e. The Labute approximate surface area is 642 Å². The summed E-state index contributed by atoms with van der Waals surface area (Å²) in [6.45, 7) is 23.8. The number of carbonyl (C=O) groups is 8. The molecule has 4 aliphatic heterocycles. The molecular weight excluding hydrogens is 1490 g/mol. The molecule has 5 aromatic rings. The van der Waals surface area contributed by atoms with Crippen molar-refractivity contribution in [2.24, 2.45) is 10.9 Å². The third kappa shape index (κ3) is 24.2. The molecule has 1 fully saturated rings. The molecule has 9 amide bonds. The van der Waals surface area contributed by atoms with Gasteiger partial charge in [0, 0.05) is 77.4 Å². The summed E-state index contributed by atoms with van der Waals surface area (Å²) < 4.78 is 113. The van der Waals surface area contributed by atoms with Gasteiger partial charge in [-0.05, 0) is 136 Å². The standard InChI is InChI=1S/C25H22F2N4O7.C18H18F2N4O5.C16H17F2N3O4.C16H26N2.ClH/c1-4-21-29-20(14-36-3)22(24(32)37-12-11-28-2)23(15-5-10-18(26)19(27)13-15)30(21)25(33)38-17-8-6-16(7-9-17)31(34)35;1-21-6-7-29-16(25)14-13(9-28-3)23-18(27)24(17(26)22-2)15(14)10-4-5-11(19)12(20)8-10;1-8(22)13-12(7-25-3)20-16(24)21(15(23)19-2)14(13)9-4-5-10(17)11(18)6-9;1-14(2)6-5-11-18-12-8-15(9-13-18)16-7-3-4-10-17-16;/h5-10,13,23H,4,11-12,14H2,1,3H3;4-5,8,15H,6-7,9H2,2-3H3,(H,22,26)(H,23,27);4-6,14H,7H2,1-3H3,(H,19,23)(H,20,24);3-4,7,10,14-15H,5-6,8-9,11-13H2,1-2H3;1H. The molecule has 0 aliphatic carbocycles. The molecule has 3 unspecified atom stereocenters. The van der Waals surface area contributed by atoms with Crippen molar-refractivity contribution in [2.45, 2.75) is 83.8 Å². The van der Waals surface area contributed by atoms with Crippen molar-refractivity contribution in [1.29, 1.82) is 0 Å². The van der Waals surface area contributed by atoms with E-state index >= 15 is 0 Å². The van der Waals surface area contributed by atoms with Crippen LogP contribution in [0.1, 0.15) is 106 Å². The second-order valence-corrected chi connectivity index (χ2v) is 24.8. The Hall–Kier alpha value is -11.6. The molecule has 0 spiro atoms. The van der Waals surface area contributed by atoms with E-state index in [0.717, 1.165) is 70.3 Å². The fraction of sp³-hybridized carbons (Fsp3) is 0.387. The number of carbonyl (C=O) groups excluding carboxylic acids is 8. The number of nitro benzene ring substituents is 1. The SMILES string of the molecule is CC(C)CCCN1CCC(c2ccccn2)CC1.CNC(=O)N1C(=O)NC(COC)=C(C(C)=O)C1c1ccc(F)c(F)c1.Cl.[C-]#[N+]CCOC(=O)C1=C(COC)N=C(CC)N(C(=O)Oc2ccc([N+](=O)[O-])cc2)C1c1ccc(F)c(F)c1.[C-]#[N+]CCOC(=O)C1=C(COC)NC(=O)N(C(=O)NC)C1c1ccc(F)c(F)c1. The van der Waals surface area contributed by atoms with Crippen molar-refractivity contribution in [2.75, 3.05) is 101 Å². The number of aliphatic imine (C=N–C) groups is 1. The second-order valence-electron chi connectivity index (χ2n) is 24.8. The van der Waals surface area contributed by atoms with Crippen LogP contribution in [0.15, 0.2) is 142 Å². The van der Waals surface area contributed by atoms with Crippen LogP contribution in [0.5, 0.6) is 5.75 Å². The highest BCUT2D eigenvalue weighted by Crippen LogP contribution is 2.40. The summed E-state index contributed by atoms with van der Waals surface area (Å²) in [5, 5.41) is 20.3. The predicted molar refractivity (Wildman–Crippen MR) is 392 cm³/mol. The fourth-order valence-electron chi connectivity index (χ4n) is 11.9. The molecule has 111 heavy (non-hydrogen) atoms. The zero-order valence-corrected chi connectivity index (χ0v) is 62.9. The number of hydrogen-bond donors (Lipinski definition) is 4. The summed E-state index contributed by atoms with van der Waals surface area (Å²) in [6, 6.07) is 12.1. The summed E-state index contributed by atoms with van der Waals surface area (Å²) in [6.07, 6.45) is 6.30. The molecule has 594 valence electrons. The Morgan fingerprint density at radius 1 is 0.649 bits per heavy atom. The summed E-state index contributed by atoms with van der Waals surface area (Å²) in [5.41, 5.74) is 1.03. The van der Waals surface area contributed by atoms with E-state index in [4.69, 9.17) is 41.6 Å². The van der Waals surface area contributed by atoms with Crippen LogP contribution in [0.2, 0.25) is 0 Å². The van der Waals surface area contributed by atoms with Gasteiger partial charge in [-0.15, -0.1) is 12.4 Å². The van der Waals surface area contributed by atoms with Gasteiger partial charge in [-0.1, -0.05) is 45.0 Å². The maximum Gasteiger partial charge on any atom is 0.421 e. The van der Waals surface area contributed by atoms with Gasteiger partial charge in [0.25, 0.3) is 5.69 Å². The van der Waals surface area contributed by atoms with Gasteiger partial charge in [-0.25, -0.2) is 87.8 Å². The quantitative estimate of drug-likeness (QED) is 0.0111. The highest BCUT2D eigenvalue weighted by molar-refractivity contribution is 6.05. The van der Waals surface area contributed by atoms with E-state index in [1.807, 2.05) is 12.3 Å². The molecule has 4 aromatic carbocycles. The molecule has 0 bridgehead atoms. The fourth-order valence-corrected chi connectivity index (χ4v) is 11.9. The van der Waals surface area contributed by atoms with Gasteiger partial charge in [0.1, 0.15) is 23.7 Å². The number of pyridine rings is 1. The van der Waals surface area contributed by atoms with Gasteiger partial charge >= 0.3 is 42.2 Å². The number of aromatic nitrogens is 1. The second kappa shape index (κ2) is 44.1. The Balaban J connectivity index is 0.000000272. The average Bonchev–Trinajstić information content (AvgIpc) is 0.771. The van der Waals surface area contributed by atoms with Gasteiger partial charge < -0.3 is 64.3 Å². The lowest BCUT2D eigenvalue weighted by Gasteiger charge is -2.36. The number of likely N-dealkylation sites (tertiary alicyclic amines) is 1. The number of piperidine rings is 1. The minimum Gasteiger partial charge on any atom is -0.454 e. The van der Waals surface area contributed by atoms with Crippen molar-refractivity contribution in [3.05, 3.63) is 227 Å². The maximum absolute atomic E-state index is 14.3. The lowest BCUT2D eigenvalue weighted by Crippen LogP contribution is -2.54. The van der Waals surface area contributed by atoms with Crippen LogP contribution in [0.25, 0.3) is 9.69 Å². The highest BCUT2D eigenvalue weighted by Gasteiger charge is 2.46. The highest BCUT2D eigenvalue weighted by atomic mass is 35.5. The minimum atomic E-state index is -1.41. The maximum atomic E-state index is 14.3. The number of hydrogen-bond acceptors (Lipinski definition) is 19. The lowest BCUT2D eigenvalue weighted by atomic mass is 9.91. The van der Waals surface area contributed by atoms with Gasteiger partial charge in [0.15, 0.2) is 53.9 Å². The van der Waals surface area contributed by atoms with E-state index in [9.17, 15) is 74.8 Å². The number of esters is 2. The Morgan fingerprint density at radius 3 is 1.51 bits per heavy atom. The number of methoxy groups -OCH3 is 3. The molecule has 1 aromatic heterocycles. The number of benzene rings is 4. The number of rotatable bonds is 24. The summed E-state index contributed by atoms with van der Waals surface area (Å²) in [7, 11) is 6.62. The topological polar surface area (TPSA) is 330 Å². The number of Topliss-reactive ketones (excluding diaryl/α,β-unsaturated/α-hetero) is 1. The molecule has 9 rings (SSSR count). The number of non-ortho nitro benzene ring substituents is 1. The van der Waals surface area contributed by atoms with Crippen LogP contribution in [-0.2, 0) is 38.1 Å². The first-order valence-electron chi connectivity index (χ1n) is 34.3. The molecule has 1 saturated heterocycles. The molecule has 36 heteroatoms. The molecule has 5 heterocycles. The van der Waals surface area contributed by atoms with Crippen molar-refractivity contribution >= 4 is 71.9 Å². The van der Waals surface area contributed by atoms with E-state index in [2.05, 4.69) is 71.8 Å². The number of amides is 9. The molecule has 0 radical (unpaired) electrons. The Morgan fingerprint density at radius 2 is 1.11 bits per heavy atom. The van der Waals surface area contributed by atoms with Crippen LogP contribution in [0.4, 0.5) is 56.0 Å². The van der Waals surface area contributed by atoms with Crippen LogP contribution in [-0.4, -0.2) is 184 Å². The zero-order chi connectivity index (χ0) is 80.9. The van der Waals surface area contributed by atoms with Crippen LogP contribution < -0.4 is 26.0 Å². The normalized spacial score (nSPS) is 16.3. The van der Waals surface area contributed by atoms with E-state index in [-0.39, 0.29) is 133 Å². The van der Waals surface area contributed by atoms with Crippen LogP contribution >= 0.6 is 12.4 Å². The van der Waals surface area contributed by atoms with Crippen LogP contribution in [0, 0.1) is 64.1 Å². The molecule has 0 saturated carbocycles. The number of nitro groups is 1. The van der Waals surface area contributed by atoms with Gasteiger partial charge in [0.2, 0.25) is 13.1 Å². The van der Waals surface area contributed by atoms with Gasteiger partial charge in [0.05, 0.1) is 59.0 Å². The first-order chi connectivity index (χ1) is 52.6. The van der Waals surface area contributed by atoms with Crippen molar-refractivity contribution in [3.63, 3.8) is 0 Å². The van der Waals surface area contributed by atoms with Crippen molar-refractivity contribution in [3.8, 4) is 5.75 Å². The molecular formula is C75H84ClF6N13O16. The number of imide groups is 2. The number of ether oxygens (including phenoxy) is 6. The molecule has 4 aliphatic rings. The number of halogens is 7. The first-order valence-corrected chi connectivity index (χ1v) is 34.3. The van der Waals surface area contributed by atoms with E-state index < -0.39 is 106 Å². The predicted octanol–water partition coefficient (Wildman–Crippen LogP) is 12.3. The van der Waals surface area contributed by atoms with E-state index in [1.165, 1.54) is 118 Å². The van der Waals surface area contributed by atoms with Crippen molar-refractivity contribution in [1.82, 2.24) is 45.9 Å². The molecule has 4 N–H and O–H groups in total. The van der Waals surface area contributed by atoms with Gasteiger partial charge in [-0.2, -0.15) is 0 Å². The zero-order valence-electron chi connectivity index (χ0n) is 62.0. The van der Waals surface area contributed by atoms with Gasteiger partial charge in [-0.3, -0.25) is 24.8 Å². The third-order valence-corrected chi connectivity index (χ3v) is 17.0. The number of nitrogens with zero attached hydrogens (tertiary/aromatic N) is 9. The number of amidine groups is 1.